The van der Waals surface area contributed by atoms with E-state index >= 15 is 0 Å². The number of halogens is 1. The number of hydrazine groups is 1. The molecule has 0 spiro atoms. The van der Waals surface area contributed by atoms with Crippen LogP contribution < -0.4 is 16.5 Å². The molecular formula is C2H5IN4U. The zero-order valence-electron chi connectivity index (χ0n) is 3.98. The summed E-state index contributed by atoms with van der Waals surface area (Å²) in [6.45, 7) is 0. The van der Waals surface area contributed by atoms with Crippen molar-refractivity contribution in [1.29, 1.82) is 0 Å². The Morgan fingerprint density at radius 2 is 2.50 bits per heavy atom. The van der Waals surface area contributed by atoms with E-state index < -0.39 is 0 Å². The monoisotopic (exact) mass is 450 g/mol. The van der Waals surface area contributed by atoms with Crippen LogP contribution in [0.2, 0.25) is 0 Å². The molecule has 1 aliphatic heterocycles. The van der Waals surface area contributed by atoms with E-state index in [1.54, 1.807) is 5.43 Å². The molecule has 0 saturated carbocycles. The van der Waals surface area contributed by atoms with Crippen molar-refractivity contribution in [3.05, 3.63) is 4.43 Å². The fourth-order valence-corrected chi connectivity index (χ4v) is 0.610. The summed E-state index contributed by atoms with van der Waals surface area (Å²) in [6, 6.07) is 0. The first kappa shape index (κ1) is 9.04. The molecule has 8 heavy (non-hydrogen) atoms. The van der Waals surface area contributed by atoms with Gasteiger partial charge in [-0.2, -0.15) is 5.53 Å². The van der Waals surface area contributed by atoms with Gasteiger partial charge < -0.3 is 0 Å². The van der Waals surface area contributed by atoms with Gasteiger partial charge >= 0.3 is 0 Å². The number of nitrogens with zero attached hydrogens (tertiary/aromatic N) is 1. The fraction of sp³-hybridized carbons (Fsp3) is 0. The molecule has 4 N–H and O–H groups in total. The van der Waals surface area contributed by atoms with Crippen LogP contribution in [0.4, 0.5) is 0 Å². The zero-order chi connectivity index (χ0) is 5.11. The second-order valence-electron chi connectivity index (χ2n) is 1.05. The summed E-state index contributed by atoms with van der Waals surface area (Å²) in [5, 5.41) is 3.79. The molecule has 1 heterocycles. The molecule has 0 amide bonds. The van der Waals surface area contributed by atoms with Gasteiger partial charge in [0.25, 0.3) is 0 Å². The molecule has 0 aromatic carbocycles. The van der Waals surface area contributed by atoms with E-state index in [2.05, 4.69) is 38.8 Å². The number of hydrazone groups is 1. The van der Waals surface area contributed by atoms with Crippen molar-refractivity contribution in [2.75, 3.05) is 0 Å². The average molecular weight is 450 g/mol. The molecule has 1 rings (SSSR count). The molecule has 0 aromatic heterocycles. The molecule has 0 atom stereocenters. The molecule has 1 aliphatic rings. The third-order valence-corrected chi connectivity index (χ3v) is 1.22. The minimum Gasteiger partial charge on any atom is -0.282 e. The van der Waals surface area contributed by atoms with Gasteiger partial charge in [0.1, 0.15) is 5.84 Å². The Labute approximate surface area is 84.7 Å². The number of hydrogen-bond donors (Lipinski definition) is 3. The van der Waals surface area contributed by atoms with Crippen molar-refractivity contribution < 1.29 is 36.5 Å². The first-order valence-electron chi connectivity index (χ1n) is 1.78. The second kappa shape index (κ2) is 4.88. The maximum absolute atomic E-state index is 3.79. The first-order valence-corrected chi connectivity index (χ1v) is 3.03. The van der Waals surface area contributed by atoms with Crippen LogP contribution in [0, 0.1) is 35.5 Å². The van der Waals surface area contributed by atoms with E-state index in [0.29, 0.717) is 0 Å². The Hall–Kier alpha value is 1.04. The maximum atomic E-state index is 3.79. The summed E-state index contributed by atoms with van der Waals surface area (Å²) in [5.74, 6) is 0.931. The van der Waals surface area contributed by atoms with Crippen LogP contribution in [0.25, 0.3) is 0 Å². The van der Waals surface area contributed by atoms with Crippen molar-refractivity contribution in [2.24, 2.45) is 5.10 Å². The average Bonchev–Trinajstić information content (AvgIpc) is 2.14. The number of nitrogens with two attached hydrogens (primary N) is 1. The van der Waals surface area contributed by atoms with Crippen LogP contribution in [0.15, 0.2) is 5.10 Å². The van der Waals surface area contributed by atoms with E-state index in [0.717, 1.165) is 5.84 Å². The summed E-state index contributed by atoms with van der Waals surface area (Å²) >= 11 is 2.12. The molecule has 0 radical (unpaired) electrons. The SMILES string of the molecule is I[CH-]C1=NNN[NH2+]1.[U]. The van der Waals surface area contributed by atoms with Crippen LogP contribution in [0.3, 0.4) is 0 Å². The van der Waals surface area contributed by atoms with Crippen molar-refractivity contribution >= 4 is 28.4 Å². The standard InChI is InChI=1S/C2H4IN4.U/c3-1-2-4-6-7-5-2;/h1,6-7H,(H,4,5);/q-1;/p+1. The topological polar surface area (TPSA) is 53.0 Å². The second-order valence-corrected chi connectivity index (χ2v) is 1.67. The largest absolute Gasteiger partial charge is 0.282 e. The predicted octanol–water partition coefficient (Wildman–Crippen LogP) is -1.52. The van der Waals surface area contributed by atoms with E-state index in [9.17, 15) is 0 Å². The fourth-order valence-electron chi connectivity index (χ4n) is 0.291. The molecule has 0 unspecified atom stereocenters. The maximum Gasteiger partial charge on any atom is 0.113 e. The van der Waals surface area contributed by atoms with Crippen LogP contribution in [0.1, 0.15) is 0 Å². The number of rotatable bonds is 1. The van der Waals surface area contributed by atoms with Gasteiger partial charge in [0, 0.05) is 31.1 Å². The molecule has 0 saturated heterocycles. The van der Waals surface area contributed by atoms with E-state index in [1.165, 1.54) is 0 Å². The summed E-state index contributed by atoms with van der Waals surface area (Å²) in [6.07, 6.45) is 0. The zero-order valence-corrected chi connectivity index (χ0v) is 10.3. The van der Waals surface area contributed by atoms with Gasteiger partial charge in [0.05, 0.1) is 0 Å². The van der Waals surface area contributed by atoms with Gasteiger partial charge in [0.15, 0.2) is 0 Å². The Bertz CT molecular complexity index is 94.0. The van der Waals surface area contributed by atoms with Gasteiger partial charge in [0.2, 0.25) is 0 Å². The van der Waals surface area contributed by atoms with E-state index in [-0.39, 0.29) is 31.1 Å². The third kappa shape index (κ3) is 2.55. The Morgan fingerprint density at radius 1 is 1.75 bits per heavy atom. The minimum absolute atomic E-state index is 0. The van der Waals surface area contributed by atoms with Crippen molar-refractivity contribution in [3.63, 3.8) is 0 Å². The number of amidine groups is 1. The Kier molecular flexibility index (Phi) is 5.51. The minimum atomic E-state index is 0. The van der Waals surface area contributed by atoms with Gasteiger partial charge in [-0.15, -0.1) is 5.10 Å². The normalized spacial score (nSPS) is 15.9. The van der Waals surface area contributed by atoms with Crippen LogP contribution in [-0.2, 0) is 0 Å². The summed E-state index contributed by atoms with van der Waals surface area (Å²) in [7, 11) is 0. The summed E-state index contributed by atoms with van der Waals surface area (Å²) in [4.78, 5) is 0. The van der Waals surface area contributed by atoms with Gasteiger partial charge in [-0.1, -0.05) is 5.53 Å². The Morgan fingerprint density at radius 3 is 2.75 bits per heavy atom. The molecule has 0 fully saturated rings. The summed E-state index contributed by atoms with van der Waals surface area (Å²) < 4.78 is 1.88. The quantitative estimate of drug-likeness (QED) is 0.259. The van der Waals surface area contributed by atoms with Gasteiger partial charge in [-0.05, 0) is 0 Å². The van der Waals surface area contributed by atoms with E-state index in [1.807, 2.05) is 4.43 Å². The van der Waals surface area contributed by atoms with Crippen molar-refractivity contribution in [2.45, 2.75) is 0 Å². The predicted molar refractivity (Wildman–Crippen MR) is 34.0 cm³/mol. The van der Waals surface area contributed by atoms with Crippen LogP contribution >= 0.6 is 22.6 Å². The third-order valence-electron chi connectivity index (χ3n) is 0.581. The summed E-state index contributed by atoms with van der Waals surface area (Å²) in [5.41, 5.74) is 7.06. The number of nitrogens with one attached hydrogen (secondary N) is 2. The first-order chi connectivity index (χ1) is 3.43. The van der Waals surface area contributed by atoms with Gasteiger partial charge in [-0.25, -0.2) is 9.85 Å². The molecule has 44 valence electrons. The van der Waals surface area contributed by atoms with Crippen molar-refractivity contribution in [3.8, 4) is 0 Å². The number of quaternary nitrogens is 1. The van der Waals surface area contributed by atoms with Crippen molar-refractivity contribution in [1.82, 2.24) is 11.1 Å². The van der Waals surface area contributed by atoms with Crippen LogP contribution in [-0.4, -0.2) is 5.84 Å². The van der Waals surface area contributed by atoms with Crippen LogP contribution in [0.5, 0.6) is 0 Å². The molecule has 0 bridgehead atoms. The Balaban J connectivity index is 0.000000490. The smallest absolute Gasteiger partial charge is 0.113 e. The molecule has 0 aromatic rings. The molecule has 0 aliphatic carbocycles. The van der Waals surface area contributed by atoms with E-state index in [4.69, 9.17) is 0 Å². The molecular weight excluding hydrogens is 445 g/mol. The molecule has 4 nitrogen and oxygen atoms in total. The molecule has 6 heteroatoms. The number of hydrogen-bond acceptors (Lipinski definition) is 3. The van der Waals surface area contributed by atoms with Gasteiger partial charge in [-0.3, -0.25) is 22.6 Å².